The fourth-order valence-corrected chi connectivity index (χ4v) is 5.50. The first-order chi connectivity index (χ1) is 17.1. The van der Waals surface area contributed by atoms with Crippen molar-refractivity contribution in [2.24, 2.45) is 0 Å². The first-order valence-corrected chi connectivity index (χ1v) is 12.1. The molecule has 178 valence electrons. The van der Waals surface area contributed by atoms with Crippen LogP contribution >= 0.6 is 0 Å². The van der Waals surface area contributed by atoms with Crippen molar-refractivity contribution in [3.05, 3.63) is 71.5 Å². The lowest BCUT2D eigenvalue weighted by molar-refractivity contribution is -0.131. The zero-order chi connectivity index (χ0) is 23.9. The van der Waals surface area contributed by atoms with Crippen molar-refractivity contribution in [3.63, 3.8) is 0 Å². The molecule has 2 aliphatic rings. The average Bonchev–Trinajstić information content (AvgIpc) is 3.52. The van der Waals surface area contributed by atoms with Gasteiger partial charge in [0.15, 0.2) is 0 Å². The molecule has 0 spiro atoms. The Bertz CT molecular complexity index is 1450. The van der Waals surface area contributed by atoms with Crippen LogP contribution < -0.4 is 10.6 Å². The van der Waals surface area contributed by atoms with Gasteiger partial charge in [0.05, 0.1) is 12.5 Å². The monoisotopic (exact) mass is 469 g/mol. The van der Waals surface area contributed by atoms with E-state index in [4.69, 9.17) is 0 Å². The molecule has 3 heterocycles. The minimum absolute atomic E-state index is 0.0692. The quantitative estimate of drug-likeness (QED) is 0.323. The van der Waals surface area contributed by atoms with Gasteiger partial charge in [-0.1, -0.05) is 36.4 Å². The van der Waals surface area contributed by atoms with Crippen molar-refractivity contribution < 1.29 is 14.4 Å². The van der Waals surface area contributed by atoms with E-state index in [9.17, 15) is 14.4 Å². The molecule has 6 rings (SSSR count). The van der Waals surface area contributed by atoms with Gasteiger partial charge in [-0.2, -0.15) is 0 Å². The molecule has 4 N–H and O–H groups in total. The number of amides is 4. The lowest BCUT2D eigenvalue weighted by Gasteiger charge is -2.24. The van der Waals surface area contributed by atoms with Crippen LogP contribution in [0.4, 0.5) is 4.79 Å². The maximum atomic E-state index is 12.9. The zero-order valence-electron chi connectivity index (χ0n) is 19.3. The normalized spacial score (nSPS) is 19.8. The molecular weight excluding hydrogens is 442 g/mol. The fourth-order valence-electron chi connectivity index (χ4n) is 5.50. The van der Waals surface area contributed by atoms with E-state index in [1.54, 1.807) is 0 Å². The first-order valence-electron chi connectivity index (χ1n) is 12.1. The SMILES string of the molecule is O=C(C[C@H]1NC(=O)N(CCc2c[nH]c3ccccc23)C1=O)N[C@H]1CCCc2c1[nH]c1ccccc21. The number of carbonyl (C=O) groups is 3. The number of nitrogens with zero attached hydrogens (tertiary/aromatic N) is 1. The Balaban J connectivity index is 1.10. The summed E-state index contributed by atoms with van der Waals surface area (Å²) >= 11 is 0. The van der Waals surface area contributed by atoms with Crippen molar-refractivity contribution in [2.45, 2.75) is 44.2 Å². The maximum absolute atomic E-state index is 12.9. The summed E-state index contributed by atoms with van der Waals surface area (Å²) in [5, 5.41) is 8.06. The van der Waals surface area contributed by atoms with E-state index < -0.39 is 12.1 Å². The van der Waals surface area contributed by atoms with Gasteiger partial charge in [-0.3, -0.25) is 14.5 Å². The Labute approximate surface area is 202 Å². The second-order valence-electron chi connectivity index (χ2n) is 9.38. The Morgan fingerprint density at radius 3 is 2.66 bits per heavy atom. The molecule has 0 radical (unpaired) electrons. The van der Waals surface area contributed by atoms with E-state index in [1.165, 1.54) is 15.8 Å². The Morgan fingerprint density at radius 2 is 1.80 bits per heavy atom. The van der Waals surface area contributed by atoms with Gasteiger partial charge in [0, 0.05) is 40.2 Å². The van der Waals surface area contributed by atoms with E-state index >= 15 is 0 Å². The number of aryl methyl sites for hydroxylation is 1. The van der Waals surface area contributed by atoms with E-state index in [2.05, 4.69) is 26.7 Å². The maximum Gasteiger partial charge on any atom is 0.324 e. The van der Waals surface area contributed by atoms with Gasteiger partial charge in [-0.05, 0) is 48.9 Å². The minimum atomic E-state index is -0.837. The van der Waals surface area contributed by atoms with E-state index in [1.807, 2.05) is 48.7 Å². The summed E-state index contributed by atoms with van der Waals surface area (Å²) in [6, 6.07) is 14.7. The molecule has 1 aliphatic carbocycles. The number of fused-ring (bicyclic) bond motifs is 4. The molecule has 4 aromatic rings. The number of hydrogen-bond donors (Lipinski definition) is 4. The fraction of sp³-hybridized carbons (Fsp3) is 0.296. The van der Waals surface area contributed by atoms with Crippen LogP contribution in [0.15, 0.2) is 54.7 Å². The van der Waals surface area contributed by atoms with Crippen molar-refractivity contribution in [1.82, 2.24) is 25.5 Å². The summed E-state index contributed by atoms with van der Waals surface area (Å²) in [7, 11) is 0. The Kier molecular flexibility index (Phi) is 5.28. The number of H-pyrrole nitrogens is 2. The molecule has 2 atom stereocenters. The van der Waals surface area contributed by atoms with Crippen molar-refractivity contribution in [3.8, 4) is 0 Å². The molecule has 2 aromatic carbocycles. The highest BCUT2D eigenvalue weighted by Gasteiger charge is 2.39. The van der Waals surface area contributed by atoms with Crippen LogP contribution in [-0.4, -0.2) is 45.3 Å². The molecule has 0 bridgehead atoms. The van der Waals surface area contributed by atoms with Crippen LogP contribution in [-0.2, 0) is 22.4 Å². The number of nitrogens with one attached hydrogen (secondary N) is 4. The molecule has 0 unspecified atom stereocenters. The lowest BCUT2D eigenvalue weighted by atomic mass is 9.91. The summed E-state index contributed by atoms with van der Waals surface area (Å²) in [6.07, 6.45) is 5.20. The number of urea groups is 1. The van der Waals surface area contributed by atoms with Gasteiger partial charge in [0.1, 0.15) is 6.04 Å². The second-order valence-corrected chi connectivity index (χ2v) is 9.38. The third-order valence-electron chi connectivity index (χ3n) is 7.23. The van der Waals surface area contributed by atoms with Crippen LogP contribution in [0.1, 0.15) is 42.1 Å². The van der Waals surface area contributed by atoms with Gasteiger partial charge in [0.25, 0.3) is 5.91 Å². The van der Waals surface area contributed by atoms with Gasteiger partial charge in [-0.25, -0.2) is 4.79 Å². The number of imide groups is 1. The predicted molar refractivity (Wildman–Crippen MR) is 133 cm³/mol. The minimum Gasteiger partial charge on any atom is -0.361 e. The molecule has 0 saturated carbocycles. The molecule has 4 amide bonds. The number of aromatic amines is 2. The number of benzene rings is 2. The second kappa shape index (κ2) is 8.61. The first kappa shape index (κ1) is 21.5. The van der Waals surface area contributed by atoms with Gasteiger partial charge < -0.3 is 20.6 Å². The molecule has 1 aliphatic heterocycles. The summed E-state index contributed by atoms with van der Waals surface area (Å²) in [6.45, 7) is 0.270. The average molecular weight is 470 g/mol. The van der Waals surface area contributed by atoms with E-state index in [-0.39, 0.29) is 30.8 Å². The molecule has 2 aromatic heterocycles. The number of rotatable bonds is 6. The molecule has 35 heavy (non-hydrogen) atoms. The molecule has 1 fully saturated rings. The van der Waals surface area contributed by atoms with Crippen molar-refractivity contribution in [2.75, 3.05) is 6.54 Å². The zero-order valence-corrected chi connectivity index (χ0v) is 19.3. The standard InChI is InChI=1S/C27H27N5O3/c33-24(29-22-11-5-8-19-18-7-2-4-10-21(18)30-25(19)22)14-23-26(34)32(27(35)31-23)13-12-16-15-28-20-9-3-1-6-17(16)20/h1-4,6-7,9-10,15,22-23,28,30H,5,8,11-14H2,(H,29,33)(H,31,35)/t22-,23+/m0/s1. The Morgan fingerprint density at radius 1 is 1.03 bits per heavy atom. The predicted octanol–water partition coefficient (Wildman–Crippen LogP) is 3.70. The topological polar surface area (TPSA) is 110 Å². The summed E-state index contributed by atoms with van der Waals surface area (Å²) < 4.78 is 0. The van der Waals surface area contributed by atoms with Crippen LogP contribution in [0.3, 0.4) is 0 Å². The largest absolute Gasteiger partial charge is 0.361 e. The summed E-state index contributed by atoms with van der Waals surface area (Å²) in [4.78, 5) is 46.2. The number of carbonyl (C=O) groups excluding carboxylic acids is 3. The highest BCUT2D eigenvalue weighted by molar-refractivity contribution is 6.06. The highest BCUT2D eigenvalue weighted by Crippen LogP contribution is 2.34. The molecular formula is C27H27N5O3. The van der Waals surface area contributed by atoms with Gasteiger partial charge >= 0.3 is 6.03 Å². The number of para-hydroxylation sites is 2. The smallest absolute Gasteiger partial charge is 0.324 e. The molecule has 1 saturated heterocycles. The van der Waals surface area contributed by atoms with E-state index in [0.717, 1.165) is 46.9 Å². The third-order valence-corrected chi connectivity index (χ3v) is 7.23. The third kappa shape index (κ3) is 3.84. The van der Waals surface area contributed by atoms with Gasteiger partial charge in [0.2, 0.25) is 5.91 Å². The van der Waals surface area contributed by atoms with Gasteiger partial charge in [-0.15, -0.1) is 0 Å². The molecule has 8 heteroatoms. The number of hydrogen-bond acceptors (Lipinski definition) is 3. The Hall–Kier alpha value is -4.07. The number of aromatic nitrogens is 2. The van der Waals surface area contributed by atoms with Crippen molar-refractivity contribution >= 4 is 39.7 Å². The summed E-state index contributed by atoms with van der Waals surface area (Å²) in [5.41, 5.74) is 5.45. The van der Waals surface area contributed by atoms with Crippen LogP contribution in [0.2, 0.25) is 0 Å². The molecule has 8 nitrogen and oxygen atoms in total. The summed E-state index contributed by atoms with van der Waals surface area (Å²) in [5.74, 6) is -0.585. The lowest BCUT2D eigenvalue weighted by Crippen LogP contribution is -2.38. The van der Waals surface area contributed by atoms with Crippen LogP contribution in [0, 0.1) is 0 Å². The highest BCUT2D eigenvalue weighted by atomic mass is 16.2. The van der Waals surface area contributed by atoms with E-state index in [0.29, 0.717) is 6.42 Å². The van der Waals surface area contributed by atoms with Crippen LogP contribution in [0.25, 0.3) is 21.8 Å². The van der Waals surface area contributed by atoms with Crippen LogP contribution in [0.5, 0.6) is 0 Å². The van der Waals surface area contributed by atoms with Crippen molar-refractivity contribution in [1.29, 1.82) is 0 Å².